The van der Waals surface area contributed by atoms with Gasteiger partial charge in [-0.1, -0.05) is 39.8 Å². The van der Waals surface area contributed by atoms with E-state index in [2.05, 4.69) is 17.0 Å². The quantitative estimate of drug-likeness (QED) is 0.761. The van der Waals surface area contributed by atoms with Crippen LogP contribution in [0.1, 0.15) is 39.7 Å². The Kier molecular flexibility index (Phi) is 6.17. The number of nitrogens with one attached hydrogen (secondary N) is 2. The molecule has 0 amide bonds. The maximum atomic E-state index is 12.1. The van der Waals surface area contributed by atoms with Crippen LogP contribution in [0.15, 0.2) is 29.2 Å². The second-order valence-electron chi connectivity index (χ2n) is 6.21. The lowest BCUT2D eigenvalue weighted by atomic mass is 9.98. The van der Waals surface area contributed by atoms with Gasteiger partial charge in [-0.05, 0) is 36.1 Å². The fraction of sp³-hybridized carbons (Fsp3) is 0.600. The Labute approximate surface area is 123 Å². The third-order valence-corrected chi connectivity index (χ3v) is 4.20. The molecule has 0 saturated carbocycles. The molecular weight excluding hydrogens is 272 g/mol. The lowest BCUT2D eigenvalue weighted by molar-refractivity contribution is 0.407. The summed E-state index contributed by atoms with van der Waals surface area (Å²) in [4.78, 5) is 0.320. The van der Waals surface area contributed by atoms with Crippen LogP contribution >= 0.6 is 0 Å². The van der Waals surface area contributed by atoms with Crippen LogP contribution in [0.5, 0.6) is 0 Å². The Hall–Kier alpha value is -0.910. The van der Waals surface area contributed by atoms with E-state index >= 15 is 0 Å². The van der Waals surface area contributed by atoms with E-state index in [0.717, 1.165) is 25.1 Å². The van der Waals surface area contributed by atoms with Crippen LogP contribution in [0.25, 0.3) is 0 Å². The van der Waals surface area contributed by atoms with Crippen LogP contribution < -0.4 is 10.0 Å². The molecule has 0 spiro atoms. The SMILES string of the molecule is CCCNCc1ccc(S(=O)(=O)NCC(C)(C)C)cc1. The zero-order valence-electron chi connectivity index (χ0n) is 12.9. The van der Waals surface area contributed by atoms with Crippen LogP contribution in [0, 0.1) is 5.41 Å². The highest BCUT2D eigenvalue weighted by atomic mass is 32.2. The lowest BCUT2D eigenvalue weighted by Gasteiger charge is -2.18. The number of rotatable bonds is 7. The normalized spacial score (nSPS) is 12.6. The van der Waals surface area contributed by atoms with Gasteiger partial charge in [-0.2, -0.15) is 0 Å². The fourth-order valence-corrected chi connectivity index (χ4v) is 2.87. The molecule has 0 aliphatic heterocycles. The highest BCUT2D eigenvalue weighted by molar-refractivity contribution is 7.89. The van der Waals surface area contributed by atoms with E-state index in [1.165, 1.54) is 0 Å². The van der Waals surface area contributed by atoms with Gasteiger partial charge < -0.3 is 5.32 Å². The second kappa shape index (κ2) is 7.20. The molecule has 1 rings (SSSR count). The van der Waals surface area contributed by atoms with E-state index in [1.54, 1.807) is 12.1 Å². The molecule has 0 unspecified atom stereocenters. The van der Waals surface area contributed by atoms with E-state index in [1.807, 2.05) is 32.9 Å². The largest absolute Gasteiger partial charge is 0.313 e. The first kappa shape index (κ1) is 17.1. The zero-order valence-corrected chi connectivity index (χ0v) is 13.7. The third-order valence-electron chi connectivity index (χ3n) is 2.78. The Bertz CT molecular complexity index is 502. The second-order valence-corrected chi connectivity index (χ2v) is 7.97. The van der Waals surface area contributed by atoms with Crippen molar-refractivity contribution < 1.29 is 8.42 Å². The molecule has 1 aromatic carbocycles. The third kappa shape index (κ3) is 6.03. The molecule has 0 fully saturated rings. The minimum atomic E-state index is -3.41. The number of hydrogen-bond acceptors (Lipinski definition) is 3. The molecule has 5 heteroatoms. The molecule has 0 saturated heterocycles. The lowest BCUT2D eigenvalue weighted by Crippen LogP contribution is -2.32. The summed E-state index contributed by atoms with van der Waals surface area (Å²) in [5, 5.41) is 3.29. The maximum Gasteiger partial charge on any atom is 0.240 e. The summed E-state index contributed by atoms with van der Waals surface area (Å²) < 4.78 is 26.9. The van der Waals surface area contributed by atoms with E-state index in [4.69, 9.17) is 0 Å². The van der Waals surface area contributed by atoms with Gasteiger partial charge in [0.1, 0.15) is 0 Å². The predicted octanol–water partition coefficient (Wildman–Crippen LogP) is 2.51. The van der Waals surface area contributed by atoms with Gasteiger partial charge in [0.25, 0.3) is 0 Å². The smallest absolute Gasteiger partial charge is 0.240 e. The first-order valence-corrected chi connectivity index (χ1v) is 8.52. The molecule has 114 valence electrons. The van der Waals surface area contributed by atoms with Crippen LogP contribution in [0.3, 0.4) is 0 Å². The van der Waals surface area contributed by atoms with Gasteiger partial charge >= 0.3 is 0 Å². The van der Waals surface area contributed by atoms with E-state index in [9.17, 15) is 8.42 Å². The summed E-state index contributed by atoms with van der Waals surface area (Å²) >= 11 is 0. The van der Waals surface area contributed by atoms with E-state index in [0.29, 0.717) is 11.4 Å². The van der Waals surface area contributed by atoms with Gasteiger partial charge in [0.05, 0.1) is 4.90 Å². The summed E-state index contributed by atoms with van der Waals surface area (Å²) in [6.45, 7) is 10.3. The molecule has 0 bridgehead atoms. The molecule has 20 heavy (non-hydrogen) atoms. The average Bonchev–Trinajstić information content (AvgIpc) is 2.37. The fourth-order valence-electron chi connectivity index (χ4n) is 1.59. The van der Waals surface area contributed by atoms with Crippen molar-refractivity contribution in [2.45, 2.75) is 45.6 Å². The molecule has 0 aliphatic carbocycles. The summed E-state index contributed by atoms with van der Waals surface area (Å²) in [5.74, 6) is 0. The predicted molar refractivity (Wildman–Crippen MR) is 83.1 cm³/mol. The van der Waals surface area contributed by atoms with Gasteiger partial charge in [-0.15, -0.1) is 0 Å². The van der Waals surface area contributed by atoms with Crippen molar-refractivity contribution in [1.82, 2.24) is 10.0 Å². The maximum absolute atomic E-state index is 12.1. The van der Waals surface area contributed by atoms with Crippen molar-refractivity contribution in [1.29, 1.82) is 0 Å². The van der Waals surface area contributed by atoms with E-state index < -0.39 is 10.0 Å². The first-order chi connectivity index (χ1) is 9.24. The van der Waals surface area contributed by atoms with Gasteiger partial charge in [-0.25, -0.2) is 13.1 Å². The van der Waals surface area contributed by atoms with Crippen LogP contribution in [-0.4, -0.2) is 21.5 Å². The van der Waals surface area contributed by atoms with Crippen LogP contribution in [0.2, 0.25) is 0 Å². The molecule has 1 aromatic rings. The summed E-state index contributed by atoms with van der Waals surface area (Å²) in [5.41, 5.74) is 1.02. The highest BCUT2D eigenvalue weighted by Crippen LogP contribution is 2.14. The topological polar surface area (TPSA) is 58.2 Å². The molecule has 2 N–H and O–H groups in total. The molecule has 0 radical (unpaired) electrons. The summed E-state index contributed by atoms with van der Waals surface area (Å²) in [7, 11) is -3.41. The highest BCUT2D eigenvalue weighted by Gasteiger charge is 2.18. The monoisotopic (exact) mass is 298 g/mol. The van der Waals surface area contributed by atoms with Crippen molar-refractivity contribution >= 4 is 10.0 Å². The summed E-state index contributed by atoms with van der Waals surface area (Å²) in [6, 6.07) is 7.03. The zero-order chi connectivity index (χ0) is 15.2. The van der Waals surface area contributed by atoms with Gasteiger partial charge in [0.15, 0.2) is 0 Å². The number of benzene rings is 1. The van der Waals surface area contributed by atoms with Crippen molar-refractivity contribution in [3.8, 4) is 0 Å². The molecule has 0 heterocycles. The Balaban J connectivity index is 2.67. The van der Waals surface area contributed by atoms with Crippen molar-refractivity contribution in [3.05, 3.63) is 29.8 Å². The first-order valence-electron chi connectivity index (χ1n) is 7.04. The minimum absolute atomic E-state index is 0.0723. The van der Waals surface area contributed by atoms with Gasteiger partial charge in [-0.3, -0.25) is 0 Å². The molecule has 0 aliphatic rings. The molecule has 0 atom stereocenters. The summed E-state index contributed by atoms with van der Waals surface area (Å²) in [6.07, 6.45) is 1.09. The Morgan fingerprint density at radius 3 is 2.20 bits per heavy atom. The van der Waals surface area contributed by atoms with E-state index in [-0.39, 0.29) is 5.41 Å². The van der Waals surface area contributed by atoms with Crippen LogP contribution in [-0.2, 0) is 16.6 Å². The van der Waals surface area contributed by atoms with Crippen molar-refractivity contribution in [3.63, 3.8) is 0 Å². The Morgan fingerprint density at radius 1 is 1.10 bits per heavy atom. The Morgan fingerprint density at radius 2 is 1.70 bits per heavy atom. The van der Waals surface area contributed by atoms with Crippen LogP contribution in [0.4, 0.5) is 0 Å². The molecule has 4 nitrogen and oxygen atoms in total. The van der Waals surface area contributed by atoms with Crippen molar-refractivity contribution in [2.75, 3.05) is 13.1 Å². The molecule has 0 aromatic heterocycles. The standard InChI is InChI=1S/C15H26N2O2S/c1-5-10-16-11-13-6-8-14(9-7-13)20(18,19)17-12-15(2,3)4/h6-9,16-17H,5,10-12H2,1-4H3. The van der Waals surface area contributed by atoms with Crippen molar-refractivity contribution in [2.24, 2.45) is 5.41 Å². The molecular formula is C15H26N2O2S. The minimum Gasteiger partial charge on any atom is -0.313 e. The van der Waals surface area contributed by atoms with Gasteiger partial charge in [0, 0.05) is 13.1 Å². The number of sulfonamides is 1. The average molecular weight is 298 g/mol. The number of hydrogen-bond donors (Lipinski definition) is 2. The van der Waals surface area contributed by atoms with Gasteiger partial charge in [0.2, 0.25) is 10.0 Å².